The molecule has 108 valence electrons. The first-order valence-electron chi connectivity index (χ1n) is 7.57. The van der Waals surface area contributed by atoms with Gasteiger partial charge in [-0.3, -0.25) is 0 Å². The fourth-order valence-corrected chi connectivity index (χ4v) is 3.09. The Hall–Kier alpha value is -2.16. The largest absolute Gasteiger partial charge is 0.493 e. The molecule has 0 aliphatic carbocycles. The van der Waals surface area contributed by atoms with Crippen molar-refractivity contribution < 1.29 is 9.47 Å². The summed E-state index contributed by atoms with van der Waals surface area (Å²) in [6.45, 7) is 3.81. The van der Waals surface area contributed by atoms with Crippen molar-refractivity contribution in [1.82, 2.24) is 0 Å². The molecular formula is C18H19NO2. The summed E-state index contributed by atoms with van der Waals surface area (Å²) in [7, 11) is 0. The summed E-state index contributed by atoms with van der Waals surface area (Å²) in [6, 6.07) is 13.1. The van der Waals surface area contributed by atoms with Gasteiger partial charge in [-0.05, 0) is 53.9 Å². The Balaban J connectivity index is 1.54. The van der Waals surface area contributed by atoms with Crippen LogP contribution in [0.2, 0.25) is 0 Å². The van der Waals surface area contributed by atoms with Gasteiger partial charge in [0.15, 0.2) is 0 Å². The molecule has 3 nitrogen and oxygen atoms in total. The summed E-state index contributed by atoms with van der Waals surface area (Å²) in [6.07, 6.45) is 2.03. The molecule has 2 aromatic rings. The first kappa shape index (κ1) is 12.6. The van der Waals surface area contributed by atoms with Crippen LogP contribution < -0.4 is 14.8 Å². The summed E-state index contributed by atoms with van der Waals surface area (Å²) < 4.78 is 11.1. The molecule has 0 bridgehead atoms. The van der Waals surface area contributed by atoms with Gasteiger partial charge in [0.25, 0.3) is 0 Å². The zero-order valence-corrected chi connectivity index (χ0v) is 12.2. The number of rotatable bonds is 3. The third kappa shape index (κ3) is 2.33. The number of nitrogens with one attached hydrogen (secondary N) is 1. The van der Waals surface area contributed by atoms with Crippen molar-refractivity contribution in [3.63, 3.8) is 0 Å². The van der Waals surface area contributed by atoms with E-state index in [0.29, 0.717) is 0 Å². The molecule has 0 saturated heterocycles. The first-order chi connectivity index (χ1) is 10.3. The molecule has 21 heavy (non-hydrogen) atoms. The lowest BCUT2D eigenvalue weighted by molar-refractivity contribution is 0.356. The second kappa shape index (κ2) is 4.99. The van der Waals surface area contributed by atoms with Crippen LogP contribution in [0, 0.1) is 0 Å². The van der Waals surface area contributed by atoms with Gasteiger partial charge >= 0.3 is 0 Å². The van der Waals surface area contributed by atoms with Crippen molar-refractivity contribution in [2.24, 2.45) is 0 Å². The van der Waals surface area contributed by atoms with E-state index in [2.05, 4.69) is 48.6 Å². The van der Waals surface area contributed by atoms with Crippen LogP contribution >= 0.6 is 0 Å². The lowest BCUT2D eigenvalue weighted by Gasteiger charge is -2.17. The Labute approximate surface area is 124 Å². The van der Waals surface area contributed by atoms with Crippen LogP contribution in [0.5, 0.6) is 11.5 Å². The Morgan fingerprint density at radius 2 is 1.57 bits per heavy atom. The van der Waals surface area contributed by atoms with Gasteiger partial charge in [-0.25, -0.2) is 0 Å². The normalized spacial score (nSPS) is 16.6. The summed E-state index contributed by atoms with van der Waals surface area (Å²) in [5, 5.41) is 3.58. The van der Waals surface area contributed by atoms with Crippen LogP contribution in [0.15, 0.2) is 36.4 Å². The highest BCUT2D eigenvalue weighted by Gasteiger charge is 2.16. The van der Waals surface area contributed by atoms with Gasteiger partial charge in [-0.1, -0.05) is 6.07 Å². The van der Waals surface area contributed by atoms with E-state index in [0.717, 1.165) is 43.2 Å². The molecule has 2 aromatic carbocycles. The predicted molar refractivity (Wildman–Crippen MR) is 83.3 cm³/mol. The smallest absolute Gasteiger partial charge is 0.122 e. The standard InChI is InChI=1S/C18H19NO2/c1-12(13-2-4-17-14(10-13)6-8-20-17)19-16-3-5-18-15(11-16)7-9-21-18/h2-5,10-12,19H,6-9H2,1H3. The van der Waals surface area contributed by atoms with Crippen molar-refractivity contribution in [3.8, 4) is 11.5 Å². The van der Waals surface area contributed by atoms with Crippen molar-refractivity contribution in [2.45, 2.75) is 25.8 Å². The molecular weight excluding hydrogens is 262 g/mol. The molecule has 4 rings (SSSR count). The third-order valence-corrected chi connectivity index (χ3v) is 4.29. The fraction of sp³-hybridized carbons (Fsp3) is 0.333. The molecule has 0 amide bonds. The number of fused-ring (bicyclic) bond motifs is 2. The Morgan fingerprint density at radius 3 is 2.33 bits per heavy atom. The molecule has 1 unspecified atom stereocenters. The van der Waals surface area contributed by atoms with E-state index >= 15 is 0 Å². The van der Waals surface area contributed by atoms with E-state index in [-0.39, 0.29) is 6.04 Å². The lowest BCUT2D eigenvalue weighted by Crippen LogP contribution is -2.07. The van der Waals surface area contributed by atoms with Gasteiger partial charge in [-0.2, -0.15) is 0 Å². The molecule has 2 heterocycles. The maximum absolute atomic E-state index is 5.57. The van der Waals surface area contributed by atoms with E-state index in [1.54, 1.807) is 0 Å². The molecule has 0 fully saturated rings. The van der Waals surface area contributed by atoms with Gasteiger partial charge in [0.2, 0.25) is 0 Å². The average Bonchev–Trinajstić information content (AvgIpc) is 3.14. The number of hydrogen-bond acceptors (Lipinski definition) is 3. The highest BCUT2D eigenvalue weighted by Crippen LogP contribution is 2.31. The van der Waals surface area contributed by atoms with Crippen molar-refractivity contribution in [1.29, 1.82) is 0 Å². The summed E-state index contributed by atoms with van der Waals surface area (Å²) >= 11 is 0. The van der Waals surface area contributed by atoms with Gasteiger partial charge in [0.1, 0.15) is 11.5 Å². The van der Waals surface area contributed by atoms with Crippen LogP contribution in [0.1, 0.15) is 29.7 Å². The van der Waals surface area contributed by atoms with Crippen LogP contribution in [0.25, 0.3) is 0 Å². The van der Waals surface area contributed by atoms with Crippen LogP contribution in [-0.4, -0.2) is 13.2 Å². The highest BCUT2D eigenvalue weighted by atomic mass is 16.5. The summed E-state index contributed by atoms with van der Waals surface area (Å²) in [4.78, 5) is 0. The van der Waals surface area contributed by atoms with E-state index in [1.165, 1.54) is 16.7 Å². The molecule has 2 aliphatic heterocycles. The molecule has 0 aromatic heterocycles. The molecule has 1 atom stereocenters. The Kier molecular flexibility index (Phi) is 2.99. The first-order valence-corrected chi connectivity index (χ1v) is 7.57. The highest BCUT2D eigenvalue weighted by molar-refractivity contribution is 5.54. The minimum Gasteiger partial charge on any atom is -0.493 e. The van der Waals surface area contributed by atoms with Crippen LogP contribution in [0.4, 0.5) is 5.69 Å². The van der Waals surface area contributed by atoms with E-state index in [4.69, 9.17) is 9.47 Å². The molecule has 2 aliphatic rings. The molecule has 0 radical (unpaired) electrons. The van der Waals surface area contributed by atoms with E-state index in [9.17, 15) is 0 Å². The monoisotopic (exact) mass is 281 g/mol. The van der Waals surface area contributed by atoms with Gasteiger partial charge < -0.3 is 14.8 Å². The zero-order chi connectivity index (χ0) is 14.2. The second-order valence-corrected chi connectivity index (χ2v) is 5.75. The molecule has 3 heteroatoms. The number of ether oxygens (including phenoxy) is 2. The average molecular weight is 281 g/mol. The molecule has 1 N–H and O–H groups in total. The van der Waals surface area contributed by atoms with Crippen LogP contribution in [0.3, 0.4) is 0 Å². The predicted octanol–water partition coefficient (Wildman–Crippen LogP) is 3.73. The minimum absolute atomic E-state index is 0.274. The van der Waals surface area contributed by atoms with Crippen molar-refractivity contribution in [3.05, 3.63) is 53.1 Å². The Bertz CT molecular complexity index is 681. The summed E-state index contributed by atoms with van der Waals surface area (Å²) in [5.41, 5.74) is 5.08. The SMILES string of the molecule is CC(Nc1ccc2c(c1)CCO2)c1ccc2c(c1)CCO2. The molecule has 0 spiro atoms. The zero-order valence-electron chi connectivity index (χ0n) is 12.2. The quantitative estimate of drug-likeness (QED) is 0.930. The van der Waals surface area contributed by atoms with Gasteiger partial charge in [-0.15, -0.1) is 0 Å². The lowest BCUT2D eigenvalue weighted by atomic mass is 10.0. The third-order valence-electron chi connectivity index (χ3n) is 4.29. The van der Waals surface area contributed by atoms with Gasteiger partial charge in [0.05, 0.1) is 13.2 Å². The minimum atomic E-state index is 0.274. The van der Waals surface area contributed by atoms with Gasteiger partial charge in [0, 0.05) is 24.6 Å². The maximum atomic E-state index is 5.57. The van der Waals surface area contributed by atoms with Crippen LogP contribution in [-0.2, 0) is 12.8 Å². The maximum Gasteiger partial charge on any atom is 0.122 e. The van der Waals surface area contributed by atoms with E-state index < -0.39 is 0 Å². The number of anilines is 1. The van der Waals surface area contributed by atoms with Crippen molar-refractivity contribution in [2.75, 3.05) is 18.5 Å². The topological polar surface area (TPSA) is 30.5 Å². The van der Waals surface area contributed by atoms with Crippen molar-refractivity contribution >= 4 is 5.69 Å². The second-order valence-electron chi connectivity index (χ2n) is 5.75. The fourth-order valence-electron chi connectivity index (χ4n) is 3.09. The summed E-state index contributed by atoms with van der Waals surface area (Å²) in [5.74, 6) is 2.07. The molecule has 0 saturated carbocycles. The number of hydrogen-bond donors (Lipinski definition) is 1. The Morgan fingerprint density at radius 1 is 0.905 bits per heavy atom. The number of benzene rings is 2. The van der Waals surface area contributed by atoms with E-state index in [1.807, 2.05) is 0 Å².